The van der Waals surface area contributed by atoms with Gasteiger partial charge in [-0.15, -0.1) is 0 Å². The first-order valence-electron chi connectivity index (χ1n) is 12.8. The molecule has 0 amide bonds. The number of anilines is 1. The van der Waals surface area contributed by atoms with Gasteiger partial charge in [0.05, 0.1) is 50.7 Å². The molecule has 13 nitrogen and oxygen atoms in total. The van der Waals surface area contributed by atoms with E-state index in [-0.39, 0.29) is 18.1 Å². The van der Waals surface area contributed by atoms with E-state index in [1.165, 1.54) is 0 Å². The lowest BCUT2D eigenvalue weighted by Gasteiger charge is -2.37. The van der Waals surface area contributed by atoms with E-state index < -0.39 is 24.5 Å². The highest BCUT2D eigenvalue weighted by molar-refractivity contribution is 6.16. The number of aliphatic hydroxyl groups excluding tert-OH is 2. The average Bonchev–Trinajstić information content (AvgIpc) is 2.92. The minimum atomic E-state index is -1.79. The van der Waals surface area contributed by atoms with E-state index in [1.807, 2.05) is 38.1 Å². The Hall–Kier alpha value is -3.97. The highest BCUT2D eigenvalue weighted by Crippen LogP contribution is 2.45. The smallest absolute Gasteiger partial charge is 0.333 e. The maximum atomic E-state index is 10.3. The number of hydrogen-bond donors (Lipinski definition) is 4. The molecule has 1 fully saturated rings. The fourth-order valence-electron chi connectivity index (χ4n) is 4.73. The predicted molar refractivity (Wildman–Crippen MR) is 145 cm³/mol. The van der Waals surface area contributed by atoms with Crippen molar-refractivity contribution in [3.05, 3.63) is 35.0 Å². The Morgan fingerprint density at radius 1 is 1.10 bits per heavy atom. The lowest BCUT2D eigenvalue weighted by Crippen LogP contribution is -2.34. The summed E-state index contributed by atoms with van der Waals surface area (Å²) >= 11 is 0. The molecule has 1 aliphatic heterocycles. The molecule has 40 heavy (non-hydrogen) atoms. The molecule has 1 unspecified atom stereocenters. The van der Waals surface area contributed by atoms with E-state index in [2.05, 4.69) is 9.97 Å². The lowest BCUT2D eigenvalue weighted by molar-refractivity contribution is -0.152. The number of aliphatic imine (C=N–C) groups is 1. The molecular formula is C27H36N4O9. The summed E-state index contributed by atoms with van der Waals surface area (Å²) < 4.78 is 17.1. The van der Waals surface area contributed by atoms with Crippen molar-refractivity contribution in [1.29, 1.82) is 0 Å². The normalized spacial score (nSPS) is 20.0. The number of fused-ring (bicyclic) bond motifs is 3. The van der Waals surface area contributed by atoms with Crippen LogP contribution in [0, 0.1) is 0 Å². The molecule has 2 aromatic rings. The minimum Gasteiger partial charge on any atom is -0.493 e. The summed E-state index contributed by atoms with van der Waals surface area (Å²) in [5.74, 6) is -0.323. The molecule has 0 spiro atoms. The minimum absolute atomic E-state index is 0.0759. The zero-order valence-electron chi connectivity index (χ0n) is 23.2. The molecule has 1 aromatic carbocycles. The van der Waals surface area contributed by atoms with Gasteiger partial charge in [0.1, 0.15) is 0 Å². The predicted octanol–water partition coefficient (Wildman–Crippen LogP) is 1.71. The van der Waals surface area contributed by atoms with Crippen LogP contribution in [0.4, 0.5) is 5.95 Å². The number of carboxylic acid groups (broad SMARTS) is 2. The zero-order chi connectivity index (χ0) is 29.6. The summed E-state index contributed by atoms with van der Waals surface area (Å²) in [6, 6.07) is 4.09. The second-order valence-corrected chi connectivity index (χ2v) is 9.58. The van der Waals surface area contributed by atoms with Crippen molar-refractivity contribution in [3.63, 3.8) is 0 Å². The monoisotopic (exact) mass is 560 g/mol. The molecule has 0 radical (unpaired) electrons. The maximum absolute atomic E-state index is 10.3. The third-order valence-corrected chi connectivity index (χ3v) is 6.61. The van der Waals surface area contributed by atoms with Crippen molar-refractivity contribution in [2.45, 2.75) is 56.8 Å². The van der Waals surface area contributed by atoms with Gasteiger partial charge in [-0.2, -0.15) is 4.98 Å². The Morgan fingerprint density at radius 3 is 2.38 bits per heavy atom. The summed E-state index contributed by atoms with van der Waals surface area (Å²) in [5, 5.41) is 34.5. The van der Waals surface area contributed by atoms with Gasteiger partial charge in [0, 0.05) is 31.8 Å². The van der Waals surface area contributed by atoms with Gasteiger partial charge in [-0.25, -0.2) is 9.78 Å². The second-order valence-electron chi connectivity index (χ2n) is 9.58. The molecule has 4 N–H and O–H groups in total. The molecule has 1 saturated carbocycles. The van der Waals surface area contributed by atoms with Crippen LogP contribution in [0.1, 0.15) is 55.2 Å². The zero-order valence-corrected chi connectivity index (χ0v) is 23.2. The summed E-state index contributed by atoms with van der Waals surface area (Å²) in [6.07, 6.45) is 1.15. The first kappa shape index (κ1) is 30.6. The number of rotatable bonds is 9. The number of benzene rings is 1. The third kappa shape index (κ3) is 6.96. The molecule has 218 valence electrons. The molecule has 4 atom stereocenters. The fourth-order valence-corrected chi connectivity index (χ4v) is 4.73. The highest BCUT2D eigenvalue weighted by atomic mass is 16.5. The number of aliphatic hydroxyl groups is 2. The number of hydrogen-bond acceptors (Lipinski definition) is 11. The lowest BCUT2D eigenvalue weighted by atomic mass is 9.74. The maximum Gasteiger partial charge on any atom is 0.333 e. The fraction of sp³-hybridized carbons (Fsp3) is 0.519. The summed E-state index contributed by atoms with van der Waals surface area (Å²) in [7, 11) is 7.01. The van der Waals surface area contributed by atoms with Crippen LogP contribution >= 0.6 is 0 Å². The van der Waals surface area contributed by atoms with Crippen molar-refractivity contribution >= 4 is 23.6 Å². The van der Waals surface area contributed by atoms with E-state index in [1.54, 1.807) is 20.4 Å². The molecule has 0 saturated heterocycles. The van der Waals surface area contributed by atoms with Gasteiger partial charge in [-0.1, -0.05) is 0 Å². The highest BCUT2D eigenvalue weighted by Gasteiger charge is 2.38. The summed E-state index contributed by atoms with van der Waals surface area (Å²) in [4.78, 5) is 35.4. The standard InChI is InChI=1S/C23H30N4O4.C4H6O5/c1-6-31-20-10-14-15-9-13(28)7-8-18(15)25-21(16(14)11-19(20)29-4)17-12-24-23(27(2)3)26-22(17)30-5;5-2(4(8)9)1-3(6)7/h10-13,15,18,28H,6-9H2,1-5H3;2,5H,1H2,(H,6,7)(H,8,9)/t13-,15-,18-;/m1./s1. The van der Waals surface area contributed by atoms with Crippen LogP contribution in [-0.4, -0.2) is 101 Å². The van der Waals surface area contributed by atoms with Gasteiger partial charge in [-0.3, -0.25) is 9.79 Å². The molecule has 2 heterocycles. The topological polar surface area (TPSA) is 184 Å². The van der Waals surface area contributed by atoms with Crippen molar-refractivity contribution in [2.24, 2.45) is 4.99 Å². The molecule has 4 rings (SSSR count). The molecule has 13 heteroatoms. The van der Waals surface area contributed by atoms with Crippen molar-refractivity contribution < 1.29 is 44.2 Å². The molecule has 0 bridgehead atoms. The quantitative estimate of drug-likeness (QED) is 0.349. The largest absolute Gasteiger partial charge is 0.493 e. The Bertz CT molecular complexity index is 1250. The Balaban J connectivity index is 0.000000424. The van der Waals surface area contributed by atoms with Gasteiger partial charge in [-0.05, 0) is 43.9 Å². The van der Waals surface area contributed by atoms with Gasteiger partial charge in [0.25, 0.3) is 0 Å². The Labute approximate surface area is 232 Å². The second kappa shape index (κ2) is 13.4. The number of aromatic nitrogens is 2. The van der Waals surface area contributed by atoms with Crippen LogP contribution in [0.25, 0.3) is 0 Å². The molecule has 1 aromatic heterocycles. The van der Waals surface area contributed by atoms with Crippen LogP contribution in [0.3, 0.4) is 0 Å². The van der Waals surface area contributed by atoms with Gasteiger partial charge in [0.2, 0.25) is 11.8 Å². The van der Waals surface area contributed by atoms with Crippen LogP contribution in [0.5, 0.6) is 17.4 Å². The van der Waals surface area contributed by atoms with Gasteiger partial charge >= 0.3 is 11.9 Å². The Kier molecular flexibility index (Phi) is 10.2. The third-order valence-electron chi connectivity index (χ3n) is 6.61. The number of carbonyl (C=O) groups is 2. The molecule has 1 aliphatic carbocycles. The number of aliphatic carboxylic acids is 2. The molecular weight excluding hydrogens is 524 g/mol. The average molecular weight is 561 g/mol. The SMILES string of the molecule is CCOc1cc2c(cc1OC)C(c1cnc(N(C)C)nc1OC)=N[C@@H]1CC[C@@H](O)C[C@H]21.O=C(O)CC(O)C(=O)O. The van der Waals surface area contributed by atoms with E-state index >= 15 is 0 Å². The van der Waals surface area contributed by atoms with Crippen molar-refractivity contribution in [1.82, 2.24) is 9.97 Å². The number of nitrogens with zero attached hydrogens (tertiary/aromatic N) is 4. The van der Waals surface area contributed by atoms with Crippen LogP contribution in [0.15, 0.2) is 23.3 Å². The van der Waals surface area contributed by atoms with Crippen molar-refractivity contribution in [3.8, 4) is 17.4 Å². The van der Waals surface area contributed by atoms with E-state index in [9.17, 15) is 14.7 Å². The van der Waals surface area contributed by atoms with Crippen LogP contribution in [0.2, 0.25) is 0 Å². The van der Waals surface area contributed by atoms with E-state index in [0.717, 1.165) is 35.2 Å². The van der Waals surface area contributed by atoms with Crippen LogP contribution < -0.4 is 19.1 Å². The first-order chi connectivity index (χ1) is 19.0. The van der Waals surface area contributed by atoms with Crippen molar-refractivity contribution in [2.75, 3.05) is 39.8 Å². The van der Waals surface area contributed by atoms with E-state index in [4.69, 9.17) is 34.5 Å². The Morgan fingerprint density at radius 2 is 1.82 bits per heavy atom. The van der Waals surface area contributed by atoms with E-state index in [0.29, 0.717) is 36.4 Å². The van der Waals surface area contributed by atoms with Crippen LogP contribution in [-0.2, 0) is 9.59 Å². The summed E-state index contributed by atoms with van der Waals surface area (Å²) in [5.41, 5.74) is 3.58. The molecule has 2 aliphatic rings. The van der Waals surface area contributed by atoms with Gasteiger partial charge in [0.15, 0.2) is 17.6 Å². The number of ether oxygens (including phenoxy) is 3. The number of methoxy groups -OCH3 is 2. The number of carboxylic acids is 2. The first-order valence-corrected chi connectivity index (χ1v) is 12.8. The summed E-state index contributed by atoms with van der Waals surface area (Å²) in [6.45, 7) is 2.49. The van der Waals surface area contributed by atoms with Gasteiger partial charge < -0.3 is 39.5 Å².